The first-order chi connectivity index (χ1) is 9.33. The molecule has 2 rings (SSSR count). The monoisotopic (exact) mass is 396 g/mol. The summed E-state index contributed by atoms with van der Waals surface area (Å²) in [5.74, 6) is 0.427. The van der Waals surface area contributed by atoms with Gasteiger partial charge >= 0.3 is 0 Å². The van der Waals surface area contributed by atoms with Crippen molar-refractivity contribution in [3.63, 3.8) is 0 Å². The third kappa shape index (κ3) is 3.25. The largest absolute Gasteiger partial charge is 0.495 e. The van der Waals surface area contributed by atoms with Crippen LogP contribution < -0.4 is 9.46 Å². The Morgan fingerprint density at radius 2 is 2.15 bits per heavy atom. The average molecular weight is 398 g/mol. The average Bonchev–Trinajstić information content (AvgIpc) is 2.80. The maximum atomic E-state index is 12.3. The third-order valence-corrected chi connectivity index (χ3v) is 5.83. The first-order valence-corrected chi connectivity index (χ1v) is 8.79. The van der Waals surface area contributed by atoms with Crippen molar-refractivity contribution in [3.8, 4) is 5.75 Å². The Bertz CT molecular complexity index is 746. The minimum absolute atomic E-state index is 0.0480. The summed E-state index contributed by atoms with van der Waals surface area (Å²) in [5, 5.41) is 0. The Morgan fingerprint density at radius 1 is 1.45 bits per heavy atom. The molecule has 0 aliphatic rings. The van der Waals surface area contributed by atoms with E-state index in [9.17, 15) is 8.42 Å². The van der Waals surface area contributed by atoms with Crippen LogP contribution in [0.4, 0.5) is 5.69 Å². The molecule has 0 saturated heterocycles. The molecule has 108 valence electrons. The number of ether oxygens (including phenoxy) is 1. The smallest absolute Gasteiger partial charge is 0.273 e. The fraction of sp³-hybridized carbons (Fsp3) is 0.182. The fourth-order valence-corrected chi connectivity index (χ4v) is 4.54. The molecule has 0 aliphatic heterocycles. The zero-order valence-corrected chi connectivity index (χ0v) is 14.5. The van der Waals surface area contributed by atoms with Gasteiger partial charge in [0.25, 0.3) is 10.0 Å². The minimum atomic E-state index is -3.73. The van der Waals surface area contributed by atoms with E-state index in [1.165, 1.54) is 13.3 Å². The Balaban J connectivity index is 2.44. The first kappa shape index (κ1) is 15.6. The first-order valence-electron chi connectivity index (χ1n) is 5.32. The Morgan fingerprint density at radius 3 is 2.70 bits per heavy atom. The van der Waals surface area contributed by atoms with Gasteiger partial charge in [0, 0.05) is 4.47 Å². The Hall–Kier alpha value is -0.830. The maximum absolute atomic E-state index is 12.3. The van der Waals surface area contributed by atoms with Crippen LogP contribution in [-0.2, 0) is 10.0 Å². The van der Waals surface area contributed by atoms with Gasteiger partial charge in [0.15, 0.2) is 8.68 Å². The van der Waals surface area contributed by atoms with Crippen LogP contribution in [0.3, 0.4) is 0 Å². The van der Waals surface area contributed by atoms with Crippen molar-refractivity contribution in [1.82, 2.24) is 4.98 Å². The summed E-state index contributed by atoms with van der Waals surface area (Å²) in [5.41, 5.74) is 1.12. The van der Waals surface area contributed by atoms with Gasteiger partial charge in [0.1, 0.15) is 5.75 Å². The topological polar surface area (TPSA) is 68.3 Å². The summed E-state index contributed by atoms with van der Waals surface area (Å²) in [6.45, 7) is 1.78. The number of sulfonamides is 1. The molecule has 1 aromatic heterocycles. The van der Waals surface area contributed by atoms with Crippen molar-refractivity contribution in [2.75, 3.05) is 11.8 Å². The molecule has 0 saturated carbocycles. The number of benzene rings is 1. The van der Waals surface area contributed by atoms with Gasteiger partial charge < -0.3 is 4.74 Å². The molecule has 5 nitrogen and oxygen atoms in total. The molecular weight excluding hydrogens is 388 g/mol. The predicted octanol–water partition coefficient (Wildman–Crippen LogP) is 3.68. The van der Waals surface area contributed by atoms with E-state index in [1.54, 1.807) is 19.1 Å². The fourth-order valence-electron chi connectivity index (χ4n) is 1.55. The summed E-state index contributed by atoms with van der Waals surface area (Å²) in [6, 6.07) is 3.48. The Labute approximate surface area is 134 Å². The van der Waals surface area contributed by atoms with Crippen LogP contribution >= 0.6 is 38.9 Å². The van der Waals surface area contributed by atoms with Gasteiger partial charge in [0.2, 0.25) is 0 Å². The lowest BCUT2D eigenvalue weighted by molar-refractivity contribution is 0.416. The molecule has 0 fully saturated rings. The number of halogens is 2. The molecule has 1 aromatic carbocycles. The van der Waals surface area contributed by atoms with E-state index in [4.69, 9.17) is 16.3 Å². The summed E-state index contributed by atoms with van der Waals surface area (Å²) < 4.78 is 33.2. The van der Waals surface area contributed by atoms with E-state index in [0.717, 1.165) is 21.4 Å². The molecule has 0 radical (unpaired) electrons. The van der Waals surface area contributed by atoms with Crippen LogP contribution in [0, 0.1) is 6.92 Å². The number of aromatic nitrogens is 1. The highest BCUT2D eigenvalue weighted by atomic mass is 79.9. The molecule has 0 unspecified atom stereocenters. The number of nitrogens with zero attached hydrogens (tertiary/aromatic N) is 1. The predicted molar refractivity (Wildman–Crippen MR) is 83.4 cm³/mol. The Kier molecular flexibility index (Phi) is 4.58. The molecule has 0 aliphatic carbocycles. The van der Waals surface area contributed by atoms with E-state index in [0.29, 0.717) is 11.4 Å². The lowest BCUT2D eigenvalue weighted by atomic mass is 10.2. The van der Waals surface area contributed by atoms with Gasteiger partial charge in [-0.3, -0.25) is 4.72 Å². The van der Waals surface area contributed by atoms with Gasteiger partial charge in [-0.05, 0) is 24.6 Å². The van der Waals surface area contributed by atoms with Gasteiger partial charge in [-0.25, -0.2) is 13.4 Å². The number of rotatable bonds is 4. The maximum Gasteiger partial charge on any atom is 0.273 e. The molecule has 1 N–H and O–H groups in total. The van der Waals surface area contributed by atoms with Gasteiger partial charge in [0.05, 0.1) is 19.0 Å². The van der Waals surface area contributed by atoms with Crippen LogP contribution in [-0.4, -0.2) is 20.5 Å². The minimum Gasteiger partial charge on any atom is -0.495 e. The standard InChI is InChI=1S/C11H10BrClN2O3S2/c1-6-3-7(12)4-8(18-2)10(6)15-20(16,17)9-5-14-11(13)19-9/h3-5,15H,1-2H3. The highest BCUT2D eigenvalue weighted by molar-refractivity contribution is 9.10. The van der Waals surface area contributed by atoms with Crippen molar-refractivity contribution >= 4 is 54.6 Å². The molecule has 20 heavy (non-hydrogen) atoms. The molecule has 1 heterocycles. The second kappa shape index (κ2) is 5.88. The molecule has 9 heteroatoms. The van der Waals surface area contributed by atoms with Crippen molar-refractivity contribution in [2.45, 2.75) is 11.1 Å². The van der Waals surface area contributed by atoms with Crippen molar-refractivity contribution in [1.29, 1.82) is 0 Å². The number of hydrogen-bond donors (Lipinski definition) is 1. The molecule has 2 aromatic rings. The third-order valence-electron chi connectivity index (χ3n) is 2.44. The van der Waals surface area contributed by atoms with Gasteiger partial charge in [-0.15, -0.1) is 0 Å². The number of aryl methyl sites for hydroxylation is 1. The molecule has 0 bridgehead atoms. The van der Waals surface area contributed by atoms with E-state index in [1.807, 2.05) is 0 Å². The zero-order valence-electron chi connectivity index (χ0n) is 10.5. The van der Waals surface area contributed by atoms with E-state index < -0.39 is 10.0 Å². The molecule has 0 amide bonds. The van der Waals surface area contributed by atoms with Gasteiger partial charge in [-0.2, -0.15) is 0 Å². The van der Waals surface area contributed by atoms with Crippen LogP contribution in [0.1, 0.15) is 5.56 Å². The molecule has 0 spiro atoms. The highest BCUT2D eigenvalue weighted by Crippen LogP contribution is 2.34. The number of hydrogen-bond acceptors (Lipinski definition) is 5. The van der Waals surface area contributed by atoms with E-state index >= 15 is 0 Å². The molecular formula is C11H10BrClN2O3S2. The SMILES string of the molecule is COc1cc(Br)cc(C)c1NS(=O)(=O)c1cnc(Cl)s1. The quantitative estimate of drug-likeness (QED) is 0.854. The van der Waals surface area contributed by atoms with Gasteiger partial charge in [-0.1, -0.05) is 38.9 Å². The number of anilines is 1. The van der Waals surface area contributed by atoms with Crippen LogP contribution in [0.5, 0.6) is 5.75 Å². The van der Waals surface area contributed by atoms with Crippen molar-refractivity contribution in [3.05, 3.63) is 32.8 Å². The summed E-state index contributed by atoms with van der Waals surface area (Å²) in [7, 11) is -2.26. The normalized spacial score (nSPS) is 11.4. The van der Waals surface area contributed by atoms with E-state index in [2.05, 4.69) is 25.6 Å². The number of thiazole rings is 1. The molecule has 0 atom stereocenters. The lowest BCUT2D eigenvalue weighted by Crippen LogP contribution is -2.13. The van der Waals surface area contributed by atoms with Crippen LogP contribution in [0.15, 0.2) is 27.0 Å². The number of nitrogens with one attached hydrogen (secondary N) is 1. The lowest BCUT2D eigenvalue weighted by Gasteiger charge is -2.14. The van der Waals surface area contributed by atoms with Crippen molar-refractivity contribution < 1.29 is 13.2 Å². The summed E-state index contributed by atoms with van der Waals surface area (Å²) in [4.78, 5) is 3.73. The summed E-state index contributed by atoms with van der Waals surface area (Å²) >= 11 is 9.89. The van der Waals surface area contributed by atoms with Crippen LogP contribution in [0.2, 0.25) is 4.47 Å². The second-order valence-corrected chi connectivity index (χ2v) is 8.28. The zero-order chi connectivity index (χ0) is 14.9. The summed E-state index contributed by atoms with van der Waals surface area (Å²) in [6.07, 6.45) is 1.22. The van der Waals surface area contributed by atoms with E-state index in [-0.39, 0.29) is 8.68 Å². The second-order valence-electron chi connectivity index (χ2n) is 3.84. The number of methoxy groups -OCH3 is 1. The van der Waals surface area contributed by atoms with Crippen LogP contribution in [0.25, 0.3) is 0 Å². The highest BCUT2D eigenvalue weighted by Gasteiger charge is 2.21. The van der Waals surface area contributed by atoms with Crippen molar-refractivity contribution in [2.24, 2.45) is 0 Å².